The Labute approximate surface area is 113 Å². The fourth-order valence-electron chi connectivity index (χ4n) is 1.84. The summed E-state index contributed by atoms with van der Waals surface area (Å²) in [6.45, 7) is 0. The molecule has 0 fully saturated rings. The molecule has 3 rings (SSSR count). The second-order valence-electron chi connectivity index (χ2n) is 3.96. The van der Waals surface area contributed by atoms with Crippen molar-refractivity contribution in [1.82, 2.24) is 19.9 Å². The van der Waals surface area contributed by atoms with E-state index in [4.69, 9.17) is 11.6 Å². The van der Waals surface area contributed by atoms with Crippen LogP contribution < -0.4 is 4.90 Å². The first kappa shape index (κ1) is 11.9. The molecule has 2 heterocycles. The molecule has 0 bridgehead atoms. The van der Waals surface area contributed by atoms with Crippen molar-refractivity contribution in [2.24, 2.45) is 0 Å². The maximum absolute atomic E-state index is 13.3. The average molecular weight is 278 g/mol. The third-order valence-corrected chi connectivity index (χ3v) is 2.92. The average Bonchev–Trinajstić information content (AvgIpc) is 2.85. The molecule has 1 aromatic carbocycles. The molecule has 7 heteroatoms. The van der Waals surface area contributed by atoms with Crippen LogP contribution in [0.5, 0.6) is 0 Å². The molecule has 0 saturated carbocycles. The topological polar surface area (TPSA) is 57.7 Å². The lowest BCUT2D eigenvalue weighted by atomic mass is 10.3. The normalized spacial score (nSPS) is 10.9. The highest BCUT2D eigenvalue weighted by atomic mass is 35.5. The van der Waals surface area contributed by atoms with Crippen molar-refractivity contribution in [2.75, 3.05) is 11.9 Å². The van der Waals surface area contributed by atoms with Gasteiger partial charge in [-0.1, -0.05) is 6.07 Å². The van der Waals surface area contributed by atoms with Crippen LogP contribution in [0.4, 0.5) is 15.9 Å². The van der Waals surface area contributed by atoms with Gasteiger partial charge in [-0.15, -0.1) is 0 Å². The van der Waals surface area contributed by atoms with Crippen LogP contribution in [0, 0.1) is 5.82 Å². The maximum Gasteiger partial charge on any atom is 0.226 e. The van der Waals surface area contributed by atoms with Gasteiger partial charge in [-0.2, -0.15) is 9.97 Å². The molecule has 0 saturated heterocycles. The number of benzene rings is 1. The molecule has 0 radical (unpaired) electrons. The van der Waals surface area contributed by atoms with Crippen molar-refractivity contribution >= 4 is 34.3 Å². The van der Waals surface area contributed by atoms with Crippen LogP contribution in [0.3, 0.4) is 0 Å². The van der Waals surface area contributed by atoms with E-state index in [0.29, 0.717) is 22.7 Å². The van der Waals surface area contributed by atoms with Crippen molar-refractivity contribution in [3.8, 4) is 0 Å². The number of hydrogen-bond donors (Lipinski definition) is 1. The van der Waals surface area contributed by atoms with Gasteiger partial charge in [0.15, 0.2) is 11.5 Å². The molecule has 0 amide bonds. The second-order valence-corrected chi connectivity index (χ2v) is 4.29. The van der Waals surface area contributed by atoms with Crippen LogP contribution in [0.15, 0.2) is 30.6 Å². The van der Waals surface area contributed by atoms with Crippen LogP contribution in [0.1, 0.15) is 0 Å². The molecule has 19 heavy (non-hydrogen) atoms. The fraction of sp³-hybridized carbons (Fsp3) is 0.0833. The number of aromatic amines is 1. The van der Waals surface area contributed by atoms with E-state index in [2.05, 4.69) is 19.9 Å². The van der Waals surface area contributed by atoms with E-state index in [-0.39, 0.29) is 11.1 Å². The molecule has 5 nitrogen and oxygen atoms in total. The molecule has 3 aromatic rings. The van der Waals surface area contributed by atoms with E-state index in [0.717, 1.165) is 0 Å². The van der Waals surface area contributed by atoms with Gasteiger partial charge in [-0.25, -0.2) is 9.37 Å². The first-order valence-corrected chi connectivity index (χ1v) is 5.89. The summed E-state index contributed by atoms with van der Waals surface area (Å²) in [4.78, 5) is 16.9. The Morgan fingerprint density at radius 3 is 2.95 bits per heavy atom. The lowest BCUT2D eigenvalue weighted by Crippen LogP contribution is -2.12. The van der Waals surface area contributed by atoms with E-state index in [1.54, 1.807) is 24.1 Å². The summed E-state index contributed by atoms with van der Waals surface area (Å²) in [5.74, 6) is 0.225. The van der Waals surface area contributed by atoms with Crippen LogP contribution in [0.25, 0.3) is 11.2 Å². The minimum atomic E-state index is -0.314. The van der Waals surface area contributed by atoms with Crippen molar-refractivity contribution < 1.29 is 4.39 Å². The van der Waals surface area contributed by atoms with Crippen LogP contribution in [0.2, 0.25) is 5.28 Å². The lowest BCUT2D eigenvalue weighted by Gasteiger charge is -2.18. The number of hydrogen-bond acceptors (Lipinski definition) is 4. The second kappa shape index (κ2) is 4.47. The number of nitrogens with zero attached hydrogens (tertiary/aromatic N) is 4. The molecule has 0 atom stereocenters. The van der Waals surface area contributed by atoms with Crippen molar-refractivity contribution in [1.29, 1.82) is 0 Å². The Morgan fingerprint density at radius 1 is 1.32 bits per heavy atom. The predicted molar refractivity (Wildman–Crippen MR) is 71.2 cm³/mol. The number of rotatable bonds is 2. The van der Waals surface area contributed by atoms with E-state index < -0.39 is 0 Å². The quantitative estimate of drug-likeness (QED) is 0.732. The summed E-state index contributed by atoms with van der Waals surface area (Å²) in [7, 11) is 1.77. The number of aromatic nitrogens is 4. The Bertz CT molecular complexity index is 742. The Kier molecular flexibility index (Phi) is 2.79. The Hall–Kier alpha value is -2.21. The van der Waals surface area contributed by atoms with Gasteiger partial charge in [0.2, 0.25) is 5.28 Å². The SMILES string of the molecule is CN(c1cccc(F)c1)c1nc(Cl)nc2nc[nH]c12. The molecular formula is C12H9ClFN5. The molecule has 1 N–H and O–H groups in total. The summed E-state index contributed by atoms with van der Waals surface area (Å²) in [5, 5.41) is 0.0952. The van der Waals surface area contributed by atoms with Gasteiger partial charge in [0, 0.05) is 12.7 Å². The number of H-pyrrole nitrogens is 1. The van der Waals surface area contributed by atoms with Crippen LogP contribution in [-0.2, 0) is 0 Å². The molecule has 0 aliphatic heterocycles. The highest BCUT2D eigenvalue weighted by Gasteiger charge is 2.14. The minimum Gasteiger partial charge on any atom is -0.340 e. The molecule has 2 aromatic heterocycles. The van der Waals surface area contributed by atoms with Gasteiger partial charge in [0.1, 0.15) is 11.3 Å². The third-order valence-electron chi connectivity index (χ3n) is 2.75. The zero-order valence-corrected chi connectivity index (χ0v) is 10.7. The van der Waals surface area contributed by atoms with Crippen molar-refractivity contribution in [2.45, 2.75) is 0 Å². The predicted octanol–water partition coefficient (Wildman–Crippen LogP) is 2.91. The third kappa shape index (κ3) is 2.10. The smallest absolute Gasteiger partial charge is 0.226 e. The van der Waals surface area contributed by atoms with Gasteiger partial charge in [-0.3, -0.25) is 0 Å². The summed E-state index contributed by atoms with van der Waals surface area (Å²) < 4.78 is 13.3. The number of anilines is 2. The first-order valence-electron chi connectivity index (χ1n) is 5.51. The largest absolute Gasteiger partial charge is 0.340 e. The summed E-state index contributed by atoms with van der Waals surface area (Å²) >= 11 is 5.87. The standard InChI is InChI=1S/C12H9ClFN5/c1-19(8-4-2-3-7(14)5-8)11-9-10(16-6-15-9)17-12(13)18-11/h2-6H,1H3,(H,15,16,17,18). The van der Waals surface area contributed by atoms with Crippen LogP contribution in [-0.4, -0.2) is 27.0 Å². The monoisotopic (exact) mass is 277 g/mol. The van der Waals surface area contributed by atoms with Gasteiger partial charge in [0.05, 0.1) is 6.33 Å². The molecule has 0 aliphatic carbocycles. The molecule has 0 aliphatic rings. The van der Waals surface area contributed by atoms with Crippen molar-refractivity contribution in [3.63, 3.8) is 0 Å². The molecule has 96 valence electrons. The molecular weight excluding hydrogens is 269 g/mol. The van der Waals surface area contributed by atoms with E-state index in [1.807, 2.05) is 0 Å². The van der Waals surface area contributed by atoms with Gasteiger partial charge < -0.3 is 9.88 Å². The highest BCUT2D eigenvalue weighted by molar-refractivity contribution is 6.28. The van der Waals surface area contributed by atoms with Gasteiger partial charge in [-0.05, 0) is 29.8 Å². The molecule has 0 unspecified atom stereocenters. The Balaban J connectivity index is 2.15. The first-order chi connectivity index (χ1) is 9.15. The fourth-order valence-corrected chi connectivity index (χ4v) is 2.00. The van der Waals surface area contributed by atoms with E-state index >= 15 is 0 Å². The Morgan fingerprint density at radius 2 is 2.16 bits per heavy atom. The number of halogens is 2. The number of nitrogens with one attached hydrogen (secondary N) is 1. The minimum absolute atomic E-state index is 0.0952. The van der Waals surface area contributed by atoms with Crippen molar-refractivity contribution in [3.05, 3.63) is 41.7 Å². The van der Waals surface area contributed by atoms with Crippen LogP contribution >= 0.6 is 11.6 Å². The lowest BCUT2D eigenvalue weighted by molar-refractivity contribution is 0.628. The van der Waals surface area contributed by atoms with Gasteiger partial charge in [0.25, 0.3) is 0 Å². The molecule has 0 spiro atoms. The van der Waals surface area contributed by atoms with E-state index in [1.165, 1.54) is 18.5 Å². The summed E-state index contributed by atoms with van der Waals surface area (Å²) in [5.41, 5.74) is 1.78. The zero-order chi connectivity index (χ0) is 13.4. The summed E-state index contributed by atoms with van der Waals surface area (Å²) in [6.07, 6.45) is 1.51. The number of fused-ring (bicyclic) bond motifs is 1. The number of imidazole rings is 1. The highest BCUT2D eigenvalue weighted by Crippen LogP contribution is 2.28. The summed E-state index contributed by atoms with van der Waals surface area (Å²) in [6, 6.07) is 6.21. The van der Waals surface area contributed by atoms with E-state index in [9.17, 15) is 4.39 Å². The van der Waals surface area contributed by atoms with Gasteiger partial charge >= 0.3 is 0 Å². The zero-order valence-electron chi connectivity index (χ0n) is 9.93. The maximum atomic E-state index is 13.3.